The Hall–Kier alpha value is -1.73. The number of alkyl carbamates (subject to hydrolysis) is 1. The molecule has 0 aliphatic carbocycles. The molecule has 0 saturated heterocycles. The number of hydrogen-bond donors (Lipinski definition) is 2. The summed E-state index contributed by atoms with van der Waals surface area (Å²) in [6.45, 7) is 5.54. The first-order valence-corrected chi connectivity index (χ1v) is 7.65. The molecule has 0 aromatic heterocycles. The minimum atomic E-state index is -0.860. The number of benzene rings is 1. The highest BCUT2D eigenvalue weighted by atomic mass is 32.1. The van der Waals surface area contributed by atoms with Gasteiger partial charge in [-0.3, -0.25) is 0 Å². The largest absolute Gasteiger partial charge is 0.459 e. The first-order valence-electron chi connectivity index (χ1n) is 7.28. The number of ether oxygens (including phenoxy) is 2. The van der Waals surface area contributed by atoms with Crippen LogP contribution >= 0.6 is 12.9 Å². The van der Waals surface area contributed by atoms with Crippen molar-refractivity contribution in [3.63, 3.8) is 0 Å². The van der Waals surface area contributed by atoms with E-state index in [1.807, 2.05) is 30.3 Å². The van der Waals surface area contributed by atoms with Gasteiger partial charge >= 0.3 is 12.1 Å². The molecule has 0 heterocycles. The van der Waals surface area contributed by atoms with Crippen molar-refractivity contribution < 1.29 is 23.2 Å². The molecule has 0 fully saturated rings. The van der Waals surface area contributed by atoms with Gasteiger partial charge in [0, 0.05) is 6.42 Å². The molecule has 7 heteroatoms. The average Bonchev–Trinajstić information content (AvgIpc) is 2.48. The molecular formula is C16H23NO5S. The highest BCUT2D eigenvalue weighted by Gasteiger charge is 2.25. The SMILES string of the molecule is CC(C)(C)OC(=O)N[C@@H](CCOS)C(=O)OCc1ccccc1. The lowest BCUT2D eigenvalue weighted by molar-refractivity contribution is -0.147. The molecule has 6 nitrogen and oxygen atoms in total. The van der Waals surface area contributed by atoms with Crippen molar-refractivity contribution in [1.82, 2.24) is 5.32 Å². The number of amides is 1. The molecule has 1 rings (SSSR count). The van der Waals surface area contributed by atoms with E-state index in [4.69, 9.17) is 9.47 Å². The van der Waals surface area contributed by atoms with Crippen molar-refractivity contribution in [2.24, 2.45) is 0 Å². The third kappa shape index (κ3) is 8.47. The third-order valence-corrected chi connectivity index (χ3v) is 2.88. The predicted octanol–water partition coefficient (Wildman–Crippen LogP) is 2.87. The summed E-state index contributed by atoms with van der Waals surface area (Å²) in [7, 11) is 0. The Balaban J connectivity index is 2.57. The molecule has 0 bridgehead atoms. The lowest BCUT2D eigenvalue weighted by Gasteiger charge is -2.22. The summed E-state index contributed by atoms with van der Waals surface area (Å²) in [5.74, 6) is -0.551. The maximum absolute atomic E-state index is 12.2. The summed E-state index contributed by atoms with van der Waals surface area (Å²) in [4.78, 5) is 24.0. The van der Waals surface area contributed by atoms with Gasteiger partial charge in [0.15, 0.2) is 0 Å². The van der Waals surface area contributed by atoms with Gasteiger partial charge in [-0.2, -0.15) is 0 Å². The Kier molecular flexibility index (Phi) is 7.91. The Morgan fingerprint density at radius 1 is 1.22 bits per heavy atom. The van der Waals surface area contributed by atoms with Crippen LogP contribution in [0.3, 0.4) is 0 Å². The quantitative estimate of drug-likeness (QED) is 0.453. The molecule has 0 saturated carbocycles. The summed E-state index contributed by atoms with van der Waals surface area (Å²) in [5, 5.41) is 2.49. The van der Waals surface area contributed by atoms with E-state index in [9.17, 15) is 9.59 Å². The zero-order valence-electron chi connectivity index (χ0n) is 13.6. The van der Waals surface area contributed by atoms with E-state index in [2.05, 4.69) is 22.4 Å². The highest BCUT2D eigenvalue weighted by Crippen LogP contribution is 2.09. The number of hydrogen-bond acceptors (Lipinski definition) is 6. The molecule has 128 valence electrons. The van der Waals surface area contributed by atoms with E-state index in [1.165, 1.54) is 0 Å². The minimum absolute atomic E-state index is 0.133. The van der Waals surface area contributed by atoms with Gasteiger partial charge in [0.2, 0.25) is 0 Å². The van der Waals surface area contributed by atoms with Crippen LogP contribution < -0.4 is 5.32 Å². The lowest BCUT2D eigenvalue weighted by atomic mass is 10.2. The van der Waals surface area contributed by atoms with Crippen LogP contribution in [0, 0.1) is 0 Å². The van der Waals surface area contributed by atoms with Crippen LogP contribution in [0.15, 0.2) is 30.3 Å². The van der Waals surface area contributed by atoms with Gasteiger partial charge in [0.05, 0.1) is 6.61 Å². The molecular weight excluding hydrogens is 318 g/mol. The van der Waals surface area contributed by atoms with Crippen LogP contribution in [0.2, 0.25) is 0 Å². The number of nitrogens with one attached hydrogen (secondary N) is 1. The van der Waals surface area contributed by atoms with E-state index in [1.54, 1.807) is 20.8 Å². The van der Waals surface area contributed by atoms with Crippen LogP contribution in [0.25, 0.3) is 0 Å². The summed E-state index contributed by atoms with van der Waals surface area (Å²) in [6.07, 6.45) is -0.450. The molecule has 23 heavy (non-hydrogen) atoms. The molecule has 1 atom stereocenters. The number of carbonyl (C=O) groups excluding carboxylic acids is 2. The maximum atomic E-state index is 12.2. The van der Waals surface area contributed by atoms with Crippen molar-refractivity contribution >= 4 is 25.0 Å². The second-order valence-corrected chi connectivity index (χ2v) is 6.17. The van der Waals surface area contributed by atoms with Gasteiger partial charge < -0.3 is 19.0 Å². The Labute approximate surface area is 142 Å². The molecule has 1 aromatic rings. The van der Waals surface area contributed by atoms with Crippen LogP contribution in [0.4, 0.5) is 4.79 Å². The molecule has 0 unspecified atom stereocenters. The Morgan fingerprint density at radius 2 is 1.87 bits per heavy atom. The van der Waals surface area contributed by atoms with Crippen molar-refractivity contribution in [2.75, 3.05) is 6.61 Å². The predicted molar refractivity (Wildman–Crippen MR) is 89.0 cm³/mol. The zero-order valence-corrected chi connectivity index (χ0v) is 14.5. The molecule has 0 aliphatic rings. The second-order valence-electron chi connectivity index (χ2n) is 5.91. The van der Waals surface area contributed by atoms with Gasteiger partial charge in [0.25, 0.3) is 0 Å². The normalized spacial score (nSPS) is 12.3. The molecule has 0 radical (unpaired) electrons. The first kappa shape index (κ1) is 19.3. The fourth-order valence-corrected chi connectivity index (χ4v) is 1.80. The molecule has 0 aliphatic heterocycles. The second kappa shape index (κ2) is 9.42. The molecule has 1 N–H and O–H groups in total. The summed E-state index contributed by atoms with van der Waals surface area (Å²) >= 11 is 3.64. The van der Waals surface area contributed by atoms with Crippen molar-refractivity contribution in [2.45, 2.75) is 45.4 Å². The molecule has 1 amide bonds. The summed E-state index contributed by atoms with van der Waals surface area (Å²) in [5.41, 5.74) is 0.213. The number of thiol groups is 1. The fraction of sp³-hybridized carbons (Fsp3) is 0.500. The zero-order chi connectivity index (χ0) is 17.3. The smallest absolute Gasteiger partial charge is 0.408 e. The van der Waals surface area contributed by atoms with Gasteiger partial charge in [-0.05, 0) is 39.2 Å². The van der Waals surface area contributed by atoms with E-state index >= 15 is 0 Å². The van der Waals surface area contributed by atoms with E-state index < -0.39 is 23.7 Å². The van der Waals surface area contributed by atoms with Crippen LogP contribution in [-0.4, -0.2) is 30.3 Å². The van der Waals surface area contributed by atoms with Crippen molar-refractivity contribution in [3.05, 3.63) is 35.9 Å². The van der Waals surface area contributed by atoms with E-state index in [0.29, 0.717) is 0 Å². The molecule has 1 aromatic carbocycles. The summed E-state index contributed by atoms with van der Waals surface area (Å²) < 4.78 is 15.0. The topological polar surface area (TPSA) is 73.9 Å². The van der Waals surface area contributed by atoms with Crippen molar-refractivity contribution in [1.29, 1.82) is 0 Å². The number of carbonyl (C=O) groups is 2. The van der Waals surface area contributed by atoms with Gasteiger partial charge in [0.1, 0.15) is 18.2 Å². The van der Waals surface area contributed by atoms with E-state index in [0.717, 1.165) is 5.56 Å². The summed E-state index contributed by atoms with van der Waals surface area (Å²) in [6, 6.07) is 8.42. The molecule has 0 spiro atoms. The monoisotopic (exact) mass is 341 g/mol. The van der Waals surface area contributed by atoms with Gasteiger partial charge in [-0.1, -0.05) is 30.3 Å². The minimum Gasteiger partial charge on any atom is -0.459 e. The maximum Gasteiger partial charge on any atom is 0.408 e. The number of rotatable bonds is 7. The average molecular weight is 341 g/mol. The van der Waals surface area contributed by atoms with Crippen LogP contribution in [0.5, 0.6) is 0 Å². The van der Waals surface area contributed by atoms with E-state index in [-0.39, 0.29) is 19.6 Å². The Bertz CT molecular complexity index is 501. The highest BCUT2D eigenvalue weighted by molar-refractivity contribution is 7.75. The van der Waals surface area contributed by atoms with Crippen molar-refractivity contribution in [3.8, 4) is 0 Å². The number of esters is 1. The lowest BCUT2D eigenvalue weighted by Crippen LogP contribution is -2.44. The van der Waals surface area contributed by atoms with Crippen LogP contribution in [-0.2, 0) is 25.1 Å². The van der Waals surface area contributed by atoms with Crippen LogP contribution in [0.1, 0.15) is 32.8 Å². The van der Waals surface area contributed by atoms with Gasteiger partial charge in [-0.15, -0.1) is 0 Å². The van der Waals surface area contributed by atoms with Gasteiger partial charge in [-0.25, -0.2) is 9.59 Å². The Morgan fingerprint density at radius 3 is 2.43 bits per heavy atom. The standard InChI is InChI=1S/C16H23NO5S/c1-16(2,3)22-15(19)17-13(9-10-21-23)14(18)20-11-12-7-5-4-6-8-12/h4-8,13,23H,9-11H2,1-3H3,(H,17,19)/t13-/m0/s1. The first-order chi connectivity index (χ1) is 10.8. The third-order valence-electron chi connectivity index (χ3n) is 2.70. The fourth-order valence-electron chi connectivity index (χ4n) is 1.70.